The quantitative estimate of drug-likeness (QED) is 0.751. The lowest BCUT2D eigenvalue weighted by Gasteiger charge is -2.21. The van der Waals surface area contributed by atoms with Crippen LogP contribution >= 0.6 is 11.6 Å². The van der Waals surface area contributed by atoms with E-state index in [-0.39, 0.29) is 35.2 Å². The van der Waals surface area contributed by atoms with Gasteiger partial charge in [0.25, 0.3) is 5.91 Å². The van der Waals surface area contributed by atoms with Crippen molar-refractivity contribution in [2.75, 3.05) is 19.7 Å². The third-order valence-electron chi connectivity index (χ3n) is 3.85. The van der Waals surface area contributed by atoms with E-state index < -0.39 is 33.9 Å². The van der Waals surface area contributed by atoms with Gasteiger partial charge in [0.1, 0.15) is 10.6 Å². The van der Waals surface area contributed by atoms with E-state index in [1.54, 1.807) is 0 Å². The standard InChI is InChI=1S/C14H17ClN2O6S/c1-14(13(19)20)4-5-17(8-14)24(21,22)11-6-9(15)2-3-10(11)23-7-12(16)18/h2-3,6H,4-5,7-8H2,1H3,(H2,16,18)(H,19,20). The number of sulfonamides is 1. The zero-order valence-corrected chi connectivity index (χ0v) is 14.4. The molecule has 1 saturated heterocycles. The van der Waals surface area contributed by atoms with Gasteiger partial charge in [-0.2, -0.15) is 4.31 Å². The number of hydrogen-bond acceptors (Lipinski definition) is 5. The Kier molecular flexibility index (Phi) is 5.07. The number of carboxylic acids is 1. The molecule has 2 rings (SSSR count). The molecule has 0 spiro atoms. The number of rotatable bonds is 6. The van der Waals surface area contributed by atoms with Crippen molar-refractivity contribution in [2.24, 2.45) is 11.1 Å². The van der Waals surface area contributed by atoms with Gasteiger partial charge in [0.05, 0.1) is 5.41 Å². The number of nitrogens with two attached hydrogens (primary N) is 1. The number of carbonyl (C=O) groups excluding carboxylic acids is 1. The molecular weight excluding hydrogens is 360 g/mol. The first-order valence-electron chi connectivity index (χ1n) is 7.00. The second kappa shape index (κ2) is 6.58. The summed E-state index contributed by atoms with van der Waals surface area (Å²) in [5, 5.41) is 9.42. The molecule has 1 unspecified atom stereocenters. The highest BCUT2D eigenvalue weighted by atomic mass is 35.5. The van der Waals surface area contributed by atoms with Crippen LogP contribution in [0.2, 0.25) is 5.02 Å². The molecule has 3 N–H and O–H groups in total. The van der Waals surface area contributed by atoms with E-state index in [0.717, 1.165) is 4.31 Å². The second-order valence-electron chi connectivity index (χ2n) is 5.80. The summed E-state index contributed by atoms with van der Waals surface area (Å²) in [6.07, 6.45) is 0.194. The molecule has 24 heavy (non-hydrogen) atoms. The van der Waals surface area contributed by atoms with Crippen LogP contribution in [0.15, 0.2) is 23.1 Å². The molecule has 1 heterocycles. The van der Waals surface area contributed by atoms with Crippen LogP contribution in [0.25, 0.3) is 0 Å². The molecule has 0 bridgehead atoms. The van der Waals surface area contributed by atoms with E-state index >= 15 is 0 Å². The van der Waals surface area contributed by atoms with Crippen molar-refractivity contribution in [2.45, 2.75) is 18.2 Å². The predicted molar refractivity (Wildman–Crippen MR) is 85.3 cm³/mol. The van der Waals surface area contributed by atoms with Crippen molar-refractivity contribution >= 4 is 33.5 Å². The molecule has 132 valence electrons. The lowest BCUT2D eigenvalue weighted by Crippen LogP contribution is -2.35. The van der Waals surface area contributed by atoms with E-state index in [9.17, 15) is 23.1 Å². The zero-order chi connectivity index (χ0) is 18.1. The van der Waals surface area contributed by atoms with Gasteiger partial charge in [-0.05, 0) is 31.5 Å². The summed E-state index contributed by atoms with van der Waals surface area (Å²) in [4.78, 5) is 21.9. The monoisotopic (exact) mass is 376 g/mol. The number of aliphatic carboxylic acids is 1. The molecule has 0 radical (unpaired) electrons. The molecule has 8 nitrogen and oxygen atoms in total. The van der Waals surface area contributed by atoms with Crippen molar-refractivity contribution in [1.29, 1.82) is 0 Å². The highest BCUT2D eigenvalue weighted by Crippen LogP contribution is 2.36. The van der Waals surface area contributed by atoms with Gasteiger partial charge < -0.3 is 15.6 Å². The van der Waals surface area contributed by atoms with Crippen LogP contribution in [0.4, 0.5) is 0 Å². The Labute approximate surface area is 144 Å². The Balaban J connectivity index is 2.37. The molecule has 0 aliphatic carbocycles. The molecular formula is C14H17ClN2O6S. The Morgan fingerprint density at radius 3 is 2.67 bits per heavy atom. The molecule has 1 aromatic carbocycles. The summed E-state index contributed by atoms with van der Waals surface area (Å²) in [5.74, 6) is -1.88. The van der Waals surface area contributed by atoms with Crippen molar-refractivity contribution in [3.8, 4) is 5.75 Å². The highest BCUT2D eigenvalue weighted by molar-refractivity contribution is 7.89. The molecule has 0 saturated carbocycles. The fraction of sp³-hybridized carbons (Fsp3) is 0.429. The minimum atomic E-state index is -4.04. The van der Waals surface area contributed by atoms with Crippen LogP contribution in [0.3, 0.4) is 0 Å². The predicted octanol–water partition coefficient (Wildman–Crippen LogP) is 0.689. The summed E-state index contributed by atoms with van der Waals surface area (Å²) < 4.78 is 31.9. The fourth-order valence-electron chi connectivity index (χ4n) is 2.39. The molecule has 10 heteroatoms. The van der Waals surface area contributed by atoms with Gasteiger partial charge in [-0.15, -0.1) is 0 Å². The maximum Gasteiger partial charge on any atom is 0.310 e. The third kappa shape index (κ3) is 3.63. The number of hydrogen-bond donors (Lipinski definition) is 2. The lowest BCUT2D eigenvalue weighted by molar-refractivity contribution is -0.146. The Morgan fingerprint density at radius 2 is 2.12 bits per heavy atom. The van der Waals surface area contributed by atoms with Crippen LogP contribution in [-0.2, 0) is 19.6 Å². The number of nitrogens with zero attached hydrogens (tertiary/aromatic N) is 1. The first kappa shape index (κ1) is 18.5. The van der Waals surface area contributed by atoms with Crippen LogP contribution in [-0.4, -0.2) is 49.4 Å². The Hall–Kier alpha value is -1.84. The van der Waals surface area contributed by atoms with Crippen LogP contribution in [0, 0.1) is 5.41 Å². The highest BCUT2D eigenvalue weighted by Gasteiger charge is 2.45. The van der Waals surface area contributed by atoms with E-state index in [2.05, 4.69) is 0 Å². The average molecular weight is 377 g/mol. The minimum Gasteiger partial charge on any atom is -0.482 e. The van der Waals surface area contributed by atoms with Gasteiger partial charge >= 0.3 is 5.97 Å². The Morgan fingerprint density at radius 1 is 1.46 bits per heavy atom. The SMILES string of the molecule is CC1(C(=O)O)CCN(S(=O)(=O)c2cc(Cl)ccc2OCC(N)=O)C1. The van der Waals surface area contributed by atoms with Crippen molar-refractivity contribution in [1.82, 2.24) is 4.31 Å². The molecule has 1 aliphatic rings. The number of carboxylic acid groups (broad SMARTS) is 1. The smallest absolute Gasteiger partial charge is 0.310 e. The van der Waals surface area contributed by atoms with Gasteiger partial charge in [0, 0.05) is 18.1 Å². The molecule has 1 amide bonds. The average Bonchev–Trinajstić information content (AvgIpc) is 2.90. The number of amides is 1. The van der Waals surface area contributed by atoms with Crippen LogP contribution in [0.1, 0.15) is 13.3 Å². The maximum atomic E-state index is 12.8. The van der Waals surface area contributed by atoms with Gasteiger partial charge in [-0.1, -0.05) is 11.6 Å². The number of benzene rings is 1. The van der Waals surface area contributed by atoms with Gasteiger partial charge in [-0.3, -0.25) is 9.59 Å². The van der Waals surface area contributed by atoms with E-state index in [4.69, 9.17) is 22.1 Å². The van der Waals surface area contributed by atoms with E-state index in [0.29, 0.717) is 0 Å². The molecule has 0 aromatic heterocycles. The molecule has 1 aliphatic heterocycles. The Bertz CT molecular complexity index is 781. The maximum absolute atomic E-state index is 12.8. The van der Waals surface area contributed by atoms with Crippen LogP contribution < -0.4 is 10.5 Å². The summed E-state index contributed by atoms with van der Waals surface area (Å²) in [6, 6.07) is 3.94. The number of ether oxygens (including phenoxy) is 1. The van der Waals surface area contributed by atoms with Gasteiger partial charge in [-0.25, -0.2) is 8.42 Å². The van der Waals surface area contributed by atoms with Crippen molar-refractivity contribution < 1.29 is 27.9 Å². The summed E-state index contributed by atoms with van der Waals surface area (Å²) >= 11 is 5.87. The summed E-state index contributed by atoms with van der Waals surface area (Å²) in [5.41, 5.74) is 3.85. The number of primary amides is 1. The minimum absolute atomic E-state index is 0.0624. The van der Waals surface area contributed by atoms with E-state index in [1.165, 1.54) is 25.1 Å². The topological polar surface area (TPSA) is 127 Å². The lowest BCUT2D eigenvalue weighted by atomic mass is 9.90. The summed E-state index contributed by atoms with van der Waals surface area (Å²) in [6.45, 7) is 0.906. The zero-order valence-electron chi connectivity index (χ0n) is 12.9. The molecule has 1 aromatic rings. The number of carbonyl (C=O) groups is 2. The second-order valence-corrected chi connectivity index (χ2v) is 8.14. The first-order chi connectivity index (χ1) is 11.1. The summed E-state index contributed by atoms with van der Waals surface area (Å²) in [7, 11) is -4.04. The normalized spacial score (nSPS) is 21.6. The van der Waals surface area contributed by atoms with Crippen molar-refractivity contribution in [3.05, 3.63) is 23.2 Å². The fourth-order valence-corrected chi connectivity index (χ4v) is 4.35. The first-order valence-corrected chi connectivity index (χ1v) is 8.82. The largest absolute Gasteiger partial charge is 0.482 e. The van der Waals surface area contributed by atoms with Gasteiger partial charge in [0.15, 0.2) is 6.61 Å². The number of halogens is 1. The van der Waals surface area contributed by atoms with E-state index in [1.807, 2.05) is 0 Å². The molecule has 1 fully saturated rings. The molecule has 1 atom stereocenters. The third-order valence-corrected chi connectivity index (χ3v) is 5.95. The van der Waals surface area contributed by atoms with Crippen molar-refractivity contribution in [3.63, 3.8) is 0 Å². The van der Waals surface area contributed by atoms with Crippen LogP contribution in [0.5, 0.6) is 5.75 Å². The van der Waals surface area contributed by atoms with Gasteiger partial charge in [0.2, 0.25) is 10.0 Å².